The number of thioether (sulfide) groups is 1. The SMILES string of the molecule is C[C@@H](NC(=O)CSCC(=O)N1CCCCC1)c1ccc(N2CCCNC2=O)cc1. The Balaban J connectivity index is 1.42. The van der Waals surface area contributed by atoms with Gasteiger partial charge >= 0.3 is 6.03 Å². The van der Waals surface area contributed by atoms with Crippen LogP contribution < -0.4 is 15.5 Å². The molecule has 29 heavy (non-hydrogen) atoms. The number of hydrogen-bond acceptors (Lipinski definition) is 4. The van der Waals surface area contributed by atoms with Crippen molar-refractivity contribution in [3.8, 4) is 0 Å². The molecule has 1 aromatic rings. The maximum absolute atomic E-state index is 12.2. The van der Waals surface area contributed by atoms with Gasteiger partial charge in [0.05, 0.1) is 17.5 Å². The fraction of sp³-hybridized carbons (Fsp3) is 0.571. The van der Waals surface area contributed by atoms with Crippen LogP contribution in [0.25, 0.3) is 0 Å². The first kappa shape index (κ1) is 21.5. The van der Waals surface area contributed by atoms with Gasteiger partial charge in [-0.25, -0.2) is 4.79 Å². The average molecular weight is 419 g/mol. The minimum Gasteiger partial charge on any atom is -0.349 e. The molecule has 2 aliphatic rings. The third kappa shape index (κ3) is 6.13. The van der Waals surface area contributed by atoms with E-state index in [-0.39, 0.29) is 29.6 Å². The lowest BCUT2D eigenvalue weighted by Crippen LogP contribution is -2.46. The number of piperidine rings is 1. The van der Waals surface area contributed by atoms with E-state index in [0.29, 0.717) is 12.3 Å². The second-order valence-corrected chi connectivity index (χ2v) is 8.54. The number of likely N-dealkylation sites (tertiary alicyclic amines) is 1. The fourth-order valence-electron chi connectivity index (χ4n) is 3.65. The fourth-order valence-corrected chi connectivity index (χ4v) is 4.38. The second-order valence-electron chi connectivity index (χ2n) is 7.55. The van der Waals surface area contributed by atoms with Crippen LogP contribution in [0.2, 0.25) is 0 Å². The number of nitrogens with zero attached hydrogens (tertiary/aromatic N) is 2. The summed E-state index contributed by atoms with van der Waals surface area (Å²) in [5.74, 6) is 0.686. The first-order valence-electron chi connectivity index (χ1n) is 10.3. The van der Waals surface area contributed by atoms with E-state index in [1.54, 1.807) is 4.90 Å². The van der Waals surface area contributed by atoms with Gasteiger partial charge in [0, 0.05) is 31.9 Å². The summed E-state index contributed by atoms with van der Waals surface area (Å²) >= 11 is 1.37. The van der Waals surface area contributed by atoms with Gasteiger partial charge in [-0.15, -0.1) is 11.8 Å². The van der Waals surface area contributed by atoms with E-state index in [4.69, 9.17) is 0 Å². The van der Waals surface area contributed by atoms with Crippen LogP contribution in [0.3, 0.4) is 0 Å². The molecule has 0 saturated carbocycles. The molecule has 0 aliphatic carbocycles. The summed E-state index contributed by atoms with van der Waals surface area (Å²) in [6, 6.07) is 7.50. The molecule has 2 saturated heterocycles. The molecule has 0 aromatic heterocycles. The summed E-state index contributed by atoms with van der Waals surface area (Å²) in [6.45, 7) is 5.06. The molecule has 0 radical (unpaired) electrons. The van der Waals surface area contributed by atoms with Gasteiger partial charge in [-0.1, -0.05) is 12.1 Å². The number of amides is 4. The zero-order valence-corrected chi connectivity index (χ0v) is 17.8. The Bertz CT molecular complexity index is 719. The third-order valence-electron chi connectivity index (χ3n) is 5.33. The quantitative estimate of drug-likeness (QED) is 0.713. The smallest absolute Gasteiger partial charge is 0.321 e. The van der Waals surface area contributed by atoms with Crippen LogP contribution in [0, 0.1) is 0 Å². The van der Waals surface area contributed by atoms with E-state index >= 15 is 0 Å². The normalized spacial score (nSPS) is 18.2. The second kappa shape index (κ2) is 10.5. The third-order valence-corrected chi connectivity index (χ3v) is 6.25. The molecule has 7 nitrogen and oxygen atoms in total. The highest BCUT2D eigenvalue weighted by Crippen LogP contribution is 2.21. The summed E-state index contributed by atoms with van der Waals surface area (Å²) in [5.41, 5.74) is 1.84. The largest absolute Gasteiger partial charge is 0.349 e. The molecular formula is C21H30N4O3S. The maximum Gasteiger partial charge on any atom is 0.321 e. The molecule has 3 rings (SSSR count). The van der Waals surface area contributed by atoms with E-state index in [9.17, 15) is 14.4 Å². The van der Waals surface area contributed by atoms with Crippen molar-refractivity contribution >= 4 is 35.3 Å². The minimum absolute atomic E-state index is 0.0681. The summed E-state index contributed by atoms with van der Waals surface area (Å²) < 4.78 is 0. The molecular weight excluding hydrogens is 388 g/mol. The van der Waals surface area contributed by atoms with Crippen LogP contribution in [0.4, 0.5) is 10.5 Å². The zero-order valence-electron chi connectivity index (χ0n) is 17.0. The van der Waals surface area contributed by atoms with Gasteiger partial charge in [0.1, 0.15) is 0 Å². The van der Waals surface area contributed by atoms with E-state index in [1.807, 2.05) is 36.1 Å². The Morgan fingerprint density at radius 2 is 1.79 bits per heavy atom. The number of rotatable bonds is 7. The lowest BCUT2D eigenvalue weighted by Gasteiger charge is -2.27. The zero-order chi connectivity index (χ0) is 20.6. The van der Waals surface area contributed by atoms with Crippen molar-refractivity contribution in [1.29, 1.82) is 0 Å². The molecule has 0 unspecified atom stereocenters. The lowest BCUT2D eigenvalue weighted by molar-refractivity contribution is -0.129. The van der Waals surface area contributed by atoms with Crippen molar-refractivity contribution in [2.75, 3.05) is 42.6 Å². The highest BCUT2D eigenvalue weighted by Gasteiger charge is 2.20. The number of benzene rings is 1. The molecule has 4 amide bonds. The van der Waals surface area contributed by atoms with Gasteiger partial charge < -0.3 is 15.5 Å². The Kier molecular flexibility index (Phi) is 7.80. The van der Waals surface area contributed by atoms with E-state index < -0.39 is 0 Å². The standard InChI is InChI=1S/C21H30N4O3S/c1-16(17-6-8-18(9-7-17)25-13-5-10-22-21(25)28)23-19(26)14-29-15-20(27)24-11-3-2-4-12-24/h6-9,16H,2-5,10-15H2,1H3,(H,22,28)(H,23,26)/t16-/m1/s1. The van der Waals surface area contributed by atoms with Gasteiger partial charge in [0.2, 0.25) is 11.8 Å². The molecule has 158 valence electrons. The van der Waals surface area contributed by atoms with E-state index in [1.165, 1.54) is 18.2 Å². The van der Waals surface area contributed by atoms with Crippen molar-refractivity contribution in [1.82, 2.24) is 15.5 Å². The molecule has 2 aliphatic heterocycles. The van der Waals surface area contributed by atoms with Crippen LogP contribution >= 0.6 is 11.8 Å². The maximum atomic E-state index is 12.2. The number of nitrogens with one attached hydrogen (secondary N) is 2. The van der Waals surface area contributed by atoms with Crippen LogP contribution in [0.15, 0.2) is 24.3 Å². The Morgan fingerprint density at radius 3 is 2.48 bits per heavy atom. The molecule has 2 heterocycles. The van der Waals surface area contributed by atoms with Crippen LogP contribution in [-0.4, -0.2) is 60.4 Å². The van der Waals surface area contributed by atoms with Gasteiger partial charge in [-0.2, -0.15) is 0 Å². The molecule has 2 N–H and O–H groups in total. The number of carbonyl (C=O) groups is 3. The van der Waals surface area contributed by atoms with Crippen molar-refractivity contribution < 1.29 is 14.4 Å². The number of hydrogen-bond donors (Lipinski definition) is 2. The first-order valence-corrected chi connectivity index (χ1v) is 11.5. The van der Waals surface area contributed by atoms with Crippen LogP contribution in [0.5, 0.6) is 0 Å². The van der Waals surface area contributed by atoms with E-state index in [0.717, 1.165) is 50.1 Å². The lowest BCUT2D eigenvalue weighted by atomic mass is 10.1. The Hall–Kier alpha value is -2.22. The molecule has 0 spiro atoms. The van der Waals surface area contributed by atoms with Gasteiger partial charge in [0.15, 0.2) is 0 Å². The number of anilines is 1. The molecule has 8 heteroatoms. The monoisotopic (exact) mass is 418 g/mol. The highest BCUT2D eigenvalue weighted by atomic mass is 32.2. The summed E-state index contributed by atoms with van der Waals surface area (Å²) in [6.07, 6.45) is 4.28. The van der Waals surface area contributed by atoms with Crippen molar-refractivity contribution in [3.63, 3.8) is 0 Å². The van der Waals surface area contributed by atoms with Crippen LogP contribution in [-0.2, 0) is 9.59 Å². The summed E-state index contributed by atoms with van der Waals surface area (Å²) in [7, 11) is 0. The summed E-state index contributed by atoms with van der Waals surface area (Å²) in [4.78, 5) is 39.9. The predicted octanol–water partition coefficient (Wildman–Crippen LogP) is 2.53. The van der Waals surface area contributed by atoms with Crippen molar-refractivity contribution in [2.24, 2.45) is 0 Å². The average Bonchev–Trinajstić information content (AvgIpc) is 2.74. The van der Waals surface area contributed by atoms with Gasteiger partial charge in [-0.05, 0) is 50.3 Å². The molecule has 0 bridgehead atoms. The van der Waals surface area contributed by atoms with Crippen LogP contribution in [0.1, 0.15) is 44.2 Å². The van der Waals surface area contributed by atoms with E-state index in [2.05, 4.69) is 10.6 Å². The summed E-state index contributed by atoms with van der Waals surface area (Å²) in [5, 5.41) is 5.82. The van der Waals surface area contributed by atoms with Gasteiger partial charge in [-0.3, -0.25) is 14.5 Å². The number of urea groups is 1. The topological polar surface area (TPSA) is 81.8 Å². The molecule has 2 fully saturated rings. The Morgan fingerprint density at radius 1 is 1.07 bits per heavy atom. The van der Waals surface area contributed by atoms with Crippen molar-refractivity contribution in [2.45, 2.75) is 38.6 Å². The number of carbonyl (C=O) groups excluding carboxylic acids is 3. The Labute approximate surface area is 176 Å². The first-order chi connectivity index (χ1) is 14.0. The minimum atomic E-state index is -0.134. The molecule has 1 atom stereocenters. The van der Waals surface area contributed by atoms with Gasteiger partial charge in [0.25, 0.3) is 0 Å². The predicted molar refractivity (Wildman–Crippen MR) is 116 cm³/mol. The molecule has 1 aromatic carbocycles. The van der Waals surface area contributed by atoms with Crippen molar-refractivity contribution in [3.05, 3.63) is 29.8 Å². The highest BCUT2D eigenvalue weighted by molar-refractivity contribution is 8.00.